The number of hydrogen-bond acceptors (Lipinski definition) is 13. The van der Waals surface area contributed by atoms with E-state index >= 15 is 0 Å². The first-order valence-corrected chi connectivity index (χ1v) is 31.7. The molecule has 3 aromatic carbocycles. The van der Waals surface area contributed by atoms with E-state index in [1.165, 1.54) is 11.1 Å². The number of nitrogens with one attached hydrogen (secondary N) is 2. The van der Waals surface area contributed by atoms with E-state index in [0.717, 1.165) is 100 Å². The van der Waals surface area contributed by atoms with Crippen molar-refractivity contribution in [3.8, 4) is 22.6 Å². The lowest BCUT2D eigenvalue weighted by Crippen LogP contribution is -2.49. The molecule has 1 unspecified atom stereocenters. The van der Waals surface area contributed by atoms with Crippen LogP contribution in [0.2, 0.25) is 18.1 Å². The number of nitrogens with two attached hydrogens (primary N) is 2. The average Bonchev–Trinajstić information content (AvgIpc) is 4.06. The highest BCUT2D eigenvalue weighted by molar-refractivity contribution is 6.74. The Kier molecular flexibility index (Phi) is 16.5. The Labute approximate surface area is 479 Å². The van der Waals surface area contributed by atoms with Crippen LogP contribution in [0.5, 0.6) is 11.5 Å². The molecule has 10 rings (SSSR count). The summed E-state index contributed by atoms with van der Waals surface area (Å²) >= 11 is 0. The van der Waals surface area contributed by atoms with Gasteiger partial charge in [-0.1, -0.05) is 58.9 Å². The van der Waals surface area contributed by atoms with Gasteiger partial charge in [-0.05, 0) is 162 Å². The van der Waals surface area contributed by atoms with E-state index in [2.05, 4.69) is 120 Å². The van der Waals surface area contributed by atoms with Gasteiger partial charge in [0.05, 0.1) is 82.6 Å². The van der Waals surface area contributed by atoms with Crippen molar-refractivity contribution in [2.24, 2.45) is 21.5 Å². The fraction of sp³-hybridized carbons (Fsp3) is 0.452. The third kappa shape index (κ3) is 12.3. The first-order valence-electron chi connectivity index (χ1n) is 28.8. The van der Waals surface area contributed by atoms with Crippen LogP contribution in [0.3, 0.4) is 0 Å². The first-order chi connectivity index (χ1) is 38.6. The van der Waals surface area contributed by atoms with Crippen LogP contribution in [-0.4, -0.2) is 122 Å². The van der Waals surface area contributed by atoms with Crippen molar-refractivity contribution < 1.29 is 27.9 Å². The number of rotatable bonds is 20. The summed E-state index contributed by atoms with van der Waals surface area (Å²) in [5.41, 5.74) is 25.8. The molecule has 81 heavy (non-hydrogen) atoms. The molecule has 0 saturated carbocycles. The molecule has 19 heteroatoms. The molecule has 3 fully saturated rings. The monoisotopic (exact) mass is 1120 g/mol. The topological polar surface area (TPSA) is 194 Å². The Morgan fingerprint density at radius 3 is 1.90 bits per heavy atom. The molecule has 7 aromatic rings. The van der Waals surface area contributed by atoms with Crippen LogP contribution >= 0.6 is 0 Å². The molecule has 4 aromatic heterocycles. The number of fused-ring (bicyclic) bond motifs is 2. The quantitative estimate of drug-likeness (QED) is 0.0320. The highest BCUT2D eigenvalue weighted by Crippen LogP contribution is 2.42. The Balaban J connectivity index is 0.905. The summed E-state index contributed by atoms with van der Waals surface area (Å²) in [5.74, 6) is 0.940. The maximum atomic E-state index is 7.03. The molecule has 0 aliphatic carbocycles. The number of aromatic nitrogens is 4. The average molecular weight is 1120 g/mol. The third-order valence-corrected chi connectivity index (χ3v) is 21.1. The molecule has 17 nitrogen and oxygen atoms in total. The van der Waals surface area contributed by atoms with Crippen molar-refractivity contribution in [1.29, 1.82) is 0 Å². The van der Waals surface area contributed by atoms with E-state index in [4.69, 9.17) is 59.6 Å². The van der Waals surface area contributed by atoms with Crippen LogP contribution in [0.1, 0.15) is 102 Å². The van der Waals surface area contributed by atoms with Crippen molar-refractivity contribution in [2.45, 2.75) is 136 Å². The van der Waals surface area contributed by atoms with E-state index in [-0.39, 0.29) is 17.1 Å². The van der Waals surface area contributed by atoms with Gasteiger partial charge in [-0.3, -0.25) is 0 Å². The van der Waals surface area contributed by atoms with Gasteiger partial charge in [-0.25, -0.2) is 19.0 Å². The number of aliphatic imine (C=N–C) groups is 2. The molecule has 3 saturated heterocycles. The summed E-state index contributed by atoms with van der Waals surface area (Å²) in [5, 5.41) is 17.3. The number of aryl methyl sites for hydroxylation is 3. The second-order valence-electron chi connectivity index (χ2n) is 24.3. The molecule has 0 spiro atoms. The zero-order valence-corrected chi connectivity index (χ0v) is 50.5. The lowest BCUT2D eigenvalue weighted by molar-refractivity contribution is -0.155. The fourth-order valence-corrected chi connectivity index (χ4v) is 11.6. The molecular formula is C62H82BN11O6Si. The Bertz CT molecular complexity index is 3470. The van der Waals surface area contributed by atoms with Crippen LogP contribution in [0, 0.1) is 0 Å². The molecule has 3 aliphatic rings. The predicted molar refractivity (Wildman–Crippen MR) is 329 cm³/mol. The molecule has 0 amide bonds. The highest BCUT2D eigenvalue weighted by Gasteiger charge is 2.57. The van der Waals surface area contributed by atoms with Gasteiger partial charge >= 0.3 is 7.12 Å². The maximum Gasteiger partial charge on any atom is 0.499 e. The maximum absolute atomic E-state index is 7.03. The van der Waals surface area contributed by atoms with Crippen LogP contribution in [0.15, 0.2) is 108 Å². The SMILES string of the molecule is CCc1cc(O[Si](C)(C)C(C)(C)C)ccc1/N=C(\N)c1cnn2cc(B3OC(C)(C)C(C)(Oc4ccc(/N=C(\N)c5cnn6cc(-c7ccccc7CCCN(C)C)cc6c5N[C@H]5CCOC5)c(CC)c4)O3)cc2c1N[C@H]1CCOC1. The van der Waals surface area contributed by atoms with Gasteiger partial charge in [-0.2, -0.15) is 10.2 Å². The Morgan fingerprint density at radius 2 is 1.33 bits per heavy atom. The lowest BCUT2D eigenvalue weighted by Gasteiger charge is -2.36. The first kappa shape index (κ1) is 57.5. The van der Waals surface area contributed by atoms with Crippen molar-refractivity contribution >= 4 is 66.4 Å². The van der Waals surface area contributed by atoms with E-state index in [1.807, 2.05) is 72.4 Å². The van der Waals surface area contributed by atoms with Crippen molar-refractivity contribution in [3.63, 3.8) is 0 Å². The van der Waals surface area contributed by atoms with Crippen molar-refractivity contribution in [3.05, 3.63) is 125 Å². The Hall–Kier alpha value is -6.74. The summed E-state index contributed by atoms with van der Waals surface area (Å²) < 4.78 is 42.5. The second kappa shape index (κ2) is 23.3. The minimum absolute atomic E-state index is 0.0683. The van der Waals surface area contributed by atoms with Gasteiger partial charge in [0, 0.05) is 43.6 Å². The summed E-state index contributed by atoms with van der Waals surface area (Å²) in [7, 11) is 1.39. The van der Waals surface area contributed by atoms with Gasteiger partial charge in [0.2, 0.25) is 14.1 Å². The third-order valence-electron chi connectivity index (χ3n) is 16.7. The van der Waals surface area contributed by atoms with Gasteiger partial charge in [0.1, 0.15) is 28.8 Å². The van der Waals surface area contributed by atoms with Crippen LogP contribution in [0.25, 0.3) is 22.2 Å². The molecule has 0 bridgehead atoms. The lowest BCUT2D eigenvalue weighted by atomic mass is 9.81. The minimum Gasteiger partial charge on any atom is -0.543 e. The summed E-state index contributed by atoms with van der Waals surface area (Å²) in [4.78, 5) is 12.3. The summed E-state index contributed by atoms with van der Waals surface area (Å²) in [6.07, 6.45) is 12.8. The predicted octanol–water partition coefficient (Wildman–Crippen LogP) is 10.4. The van der Waals surface area contributed by atoms with Crippen molar-refractivity contribution in [2.75, 3.05) is 57.7 Å². The van der Waals surface area contributed by atoms with Crippen molar-refractivity contribution in [1.82, 2.24) is 24.1 Å². The number of hydrogen-bond donors (Lipinski definition) is 4. The Morgan fingerprint density at radius 1 is 0.765 bits per heavy atom. The van der Waals surface area contributed by atoms with Gasteiger partial charge in [0.25, 0.3) is 0 Å². The molecule has 6 N–H and O–H groups in total. The molecule has 0 radical (unpaired) electrons. The second-order valence-corrected chi connectivity index (χ2v) is 29.0. The van der Waals surface area contributed by atoms with E-state index in [1.54, 1.807) is 12.4 Å². The van der Waals surface area contributed by atoms with E-state index in [9.17, 15) is 0 Å². The zero-order chi connectivity index (χ0) is 57.4. The molecule has 3 aliphatic heterocycles. The number of nitrogens with zero attached hydrogens (tertiary/aromatic N) is 7. The number of benzene rings is 3. The largest absolute Gasteiger partial charge is 0.543 e. The molecular weight excluding hydrogens is 1030 g/mol. The number of amidine groups is 2. The molecule has 3 atom stereocenters. The fourth-order valence-electron chi connectivity index (χ4n) is 10.5. The normalized spacial score (nSPS) is 19.8. The smallest absolute Gasteiger partial charge is 0.499 e. The zero-order valence-electron chi connectivity index (χ0n) is 49.5. The van der Waals surface area contributed by atoms with Gasteiger partial charge in [-0.15, -0.1) is 0 Å². The highest BCUT2D eigenvalue weighted by atomic mass is 28.4. The van der Waals surface area contributed by atoms with Crippen LogP contribution in [0.4, 0.5) is 22.7 Å². The van der Waals surface area contributed by atoms with Gasteiger partial charge in [0.15, 0.2) is 0 Å². The number of anilines is 2. The number of ether oxygens (including phenoxy) is 3. The standard InChI is InChI=1S/C62H82BN11O6Si/c1-13-40-30-47(21-23-52(40)70-58(64)50-34-66-73-36-43(32-54(73)56(50)68-45-25-28-75-38-45)49-20-16-15-18-42(49)19-17-27-72(9)10)77-62(8)61(6,7)79-63(80-62)44-33-55-57(69-46-26-29-76-39-46)51(35-67-74(55)37-44)59(65)71-53-24-22-48(31-41(53)14-2)78-81(11,12)60(3,4)5/h15-16,18,20-24,30-37,45-46,68-69H,13-14,17,19,25-29,38-39H2,1-12H3,(H2,64,70)(H2,65,71)/t45-,46-,62?/m0/s1. The van der Waals surface area contributed by atoms with Crippen LogP contribution in [-0.2, 0) is 38.0 Å². The minimum atomic E-state index is -2.05. The van der Waals surface area contributed by atoms with E-state index < -0.39 is 26.8 Å². The van der Waals surface area contributed by atoms with E-state index in [0.29, 0.717) is 61.4 Å². The molecule has 428 valence electrons. The van der Waals surface area contributed by atoms with Gasteiger partial charge < -0.3 is 54.9 Å². The van der Waals surface area contributed by atoms with Crippen LogP contribution < -0.4 is 36.7 Å². The summed E-state index contributed by atoms with van der Waals surface area (Å²) in [6.45, 7) is 24.9. The summed E-state index contributed by atoms with van der Waals surface area (Å²) in [6, 6.07) is 25.0. The molecule has 7 heterocycles.